The standard InChI is InChI=1S/C46H42N2O4P2/c49-43-37-29-30-38(44(43)50)42(48-46(52)36-26-14-16-28-40(36)54(33-21-9-3-10-22-33)34-23-11-4-12-24-34)41(37)47-45(51)35-25-13-15-27-39(35)53(31-17-5-1-6-18-31)32-19-7-2-8-20-32/h1-28,37-38,41-44,49-50H,29-30H2,(H,47,51)(H,48,52)/t37-,38+,41-,42-,43-,44+/m1/s1. The number of carbonyl (C=O) groups is 2. The molecule has 6 nitrogen and oxygen atoms in total. The highest BCUT2D eigenvalue weighted by atomic mass is 31.1. The van der Waals surface area contributed by atoms with Crippen LogP contribution >= 0.6 is 15.8 Å². The first kappa shape index (κ1) is 36.0. The lowest BCUT2D eigenvalue weighted by Crippen LogP contribution is -2.70. The molecule has 0 aromatic heterocycles. The molecule has 3 fully saturated rings. The molecule has 4 N–H and O–H groups in total. The molecule has 8 heteroatoms. The van der Waals surface area contributed by atoms with E-state index in [1.165, 1.54) is 0 Å². The number of rotatable bonds is 10. The Balaban J connectivity index is 1.13. The quantitative estimate of drug-likeness (QED) is 0.151. The van der Waals surface area contributed by atoms with E-state index in [9.17, 15) is 19.8 Å². The van der Waals surface area contributed by atoms with E-state index in [-0.39, 0.29) is 11.8 Å². The minimum atomic E-state index is -1.07. The molecule has 0 saturated heterocycles. The summed E-state index contributed by atoms with van der Waals surface area (Å²) in [6.07, 6.45) is -0.766. The second-order valence-corrected chi connectivity index (χ2v) is 18.3. The Hall–Kier alpha value is -4.96. The van der Waals surface area contributed by atoms with Gasteiger partial charge in [-0.2, -0.15) is 0 Å². The number of benzene rings is 6. The first-order valence-corrected chi connectivity index (χ1v) is 21.1. The summed E-state index contributed by atoms with van der Waals surface area (Å²) in [5, 5.41) is 35.6. The maximum Gasteiger partial charge on any atom is 0.252 e. The van der Waals surface area contributed by atoms with Gasteiger partial charge in [-0.25, -0.2) is 0 Å². The minimum Gasteiger partial charge on any atom is -0.390 e. The predicted octanol–water partition coefficient (Wildman–Crippen LogP) is 4.86. The first-order valence-electron chi connectivity index (χ1n) is 18.5. The topological polar surface area (TPSA) is 98.7 Å². The summed E-state index contributed by atoms with van der Waals surface area (Å²) in [5.41, 5.74) is 1.11. The molecule has 54 heavy (non-hydrogen) atoms. The predicted molar refractivity (Wildman–Crippen MR) is 221 cm³/mol. The average Bonchev–Trinajstić information content (AvgIpc) is 3.22. The van der Waals surface area contributed by atoms with Crippen LogP contribution in [-0.4, -0.2) is 46.3 Å². The number of aliphatic hydroxyl groups is 2. The van der Waals surface area contributed by atoms with Crippen LogP contribution in [0.5, 0.6) is 0 Å². The fourth-order valence-electron chi connectivity index (χ4n) is 8.29. The van der Waals surface area contributed by atoms with Crippen molar-refractivity contribution in [1.29, 1.82) is 0 Å². The Morgan fingerprint density at radius 3 is 1.02 bits per heavy atom. The van der Waals surface area contributed by atoms with Crippen molar-refractivity contribution in [2.45, 2.75) is 37.1 Å². The molecule has 6 atom stereocenters. The normalized spacial score (nSPS) is 21.9. The zero-order chi connectivity index (χ0) is 37.0. The molecule has 3 aliphatic rings. The van der Waals surface area contributed by atoms with Gasteiger partial charge in [-0.05, 0) is 72.6 Å². The van der Waals surface area contributed by atoms with Crippen molar-refractivity contribution >= 4 is 59.5 Å². The van der Waals surface area contributed by atoms with Gasteiger partial charge in [0.25, 0.3) is 11.8 Å². The molecular formula is C46H42N2O4P2. The van der Waals surface area contributed by atoms with Gasteiger partial charge in [-0.15, -0.1) is 0 Å². The zero-order valence-electron chi connectivity index (χ0n) is 29.6. The molecule has 6 aromatic rings. The van der Waals surface area contributed by atoms with Crippen LogP contribution in [0, 0.1) is 11.8 Å². The van der Waals surface area contributed by atoms with E-state index >= 15 is 0 Å². The molecular weight excluding hydrogens is 706 g/mol. The van der Waals surface area contributed by atoms with Crippen LogP contribution < -0.4 is 42.5 Å². The third kappa shape index (κ3) is 7.16. The summed E-state index contributed by atoms with van der Waals surface area (Å²) in [4.78, 5) is 29.1. The Kier molecular flexibility index (Phi) is 10.8. The first-order chi connectivity index (χ1) is 26.5. The number of nitrogens with one attached hydrogen (secondary N) is 2. The van der Waals surface area contributed by atoms with Gasteiger partial charge in [-0.1, -0.05) is 158 Å². The zero-order valence-corrected chi connectivity index (χ0v) is 31.4. The summed E-state index contributed by atoms with van der Waals surface area (Å²) in [6.45, 7) is 0. The molecule has 3 aliphatic carbocycles. The van der Waals surface area contributed by atoms with E-state index in [2.05, 4.69) is 59.2 Å². The highest BCUT2D eigenvalue weighted by molar-refractivity contribution is 7.80. The van der Waals surface area contributed by atoms with Gasteiger partial charge in [0.05, 0.1) is 24.3 Å². The van der Waals surface area contributed by atoms with Crippen molar-refractivity contribution in [2.75, 3.05) is 0 Å². The second-order valence-electron chi connectivity index (χ2n) is 13.9. The Morgan fingerprint density at radius 1 is 0.426 bits per heavy atom. The average molecular weight is 749 g/mol. The van der Waals surface area contributed by atoms with Crippen molar-refractivity contribution < 1.29 is 19.8 Å². The molecule has 0 spiro atoms. The lowest BCUT2D eigenvalue weighted by atomic mass is 9.61. The van der Waals surface area contributed by atoms with Gasteiger partial charge >= 0.3 is 0 Å². The van der Waals surface area contributed by atoms with Crippen molar-refractivity contribution in [1.82, 2.24) is 10.6 Å². The number of fused-ring (bicyclic) bond motifs is 3. The number of amides is 2. The van der Waals surface area contributed by atoms with E-state index in [0.717, 1.165) is 31.8 Å². The number of hydrogen-bond acceptors (Lipinski definition) is 4. The molecule has 3 saturated carbocycles. The molecule has 9 rings (SSSR count). The van der Waals surface area contributed by atoms with E-state index in [1.54, 1.807) is 0 Å². The van der Waals surface area contributed by atoms with Crippen LogP contribution in [0.2, 0.25) is 0 Å². The second kappa shape index (κ2) is 16.2. The lowest BCUT2D eigenvalue weighted by molar-refractivity contribution is -0.131. The summed E-state index contributed by atoms with van der Waals surface area (Å²) in [5.74, 6) is -1.39. The number of hydrogen-bond donors (Lipinski definition) is 4. The van der Waals surface area contributed by atoms with Crippen LogP contribution in [0.15, 0.2) is 170 Å². The summed E-state index contributed by atoms with van der Waals surface area (Å²) in [6, 6.07) is 55.3. The monoisotopic (exact) mass is 748 g/mol. The Morgan fingerprint density at radius 2 is 0.704 bits per heavy atom. The largest absolute Gasteiger partial charge is 0.390 e. The SMILES string of the molecule is O=C(N[C@@H]1[C@@H]2CC[C@@H]([C@@H](O)[C@H]2O)[C@H]1NC(=O)c1ccccc1P(c1ccccc1)c1ccccc1)c1ccccc1P(c1ccccc1)c1ccccc1. The van der Waals surface area contributed by atoms with E-state index in [0.29, 0.717) is 24.0 Å². The van der Waals surface area contributed by atoms with Gasteiger partial charge in [0.2, 0.25) is 0 Å². The summed E-state index contributed by atoms with van der Waals surface area (Å²) in [7, 11) is -2.13. The highest BCUT2D eigenvalue weighted by Crippen LogP contribution is 2.43. The molecule has 0 aliphatic heterocycles. The van der Waals surface area contributed by atoms with Crippen LogP contribution in [0.4, 0.5) is 0 Å². The minimum absolute atomic E-state index is 0.263. The van der Waals surface area contributed by atoms with E-state index in [4.69, 9.17) is 0 Å². The third-order valence-electron chi connectivity index (χ3n) is 10.8. The molecule has 0 unspecified atom stereocenters. The smallest absolute Gasteiger partial charge is 0.252 e. The summed E-state index contributed by atoms with van der Waals surface area (Å²) < 4.78 is 0. The maximum absolute atomic E-state index is 14.6. The van der Waals surface area contributed by atoms with Crippen LogP contribution in [0.1, 0.15) is 33.6 Å². The van der Waals surface area contributed by atoms with Gasteiger partial charge < -0.3 is 20.8 Å². The van der Waals surface area contributed by atoms with Gasteiger partial charge in [0, 0.05) is 23.0 Å². The molecule has 0 radical (unpaired) electrons. The van der Waals surface area contributed by atoms with E-state index < -0.39 is 52.0 Å². The van der Waals surface area contributed by atoms with Gasteiger partial charge in [-0.3, -0.25) is 9.59 Å². The molecule has 2 bridgehead atoms. The van der Waals surface area contributed by atoms with Crippen molar-refractivity contribution in [2.24, 2.45) is 11.8 Å². The molecule has 0 heterocycles. The van der Waals surface area contributed by atoms with Crippen molar-refractivity contribution in [3.05, 3.63) is 181 Å². The van der Waals surface area contributed by atoms with Gasteiger partial charge in [0.15, 0.2) is 0 Å². The van der Waals surface area contributed by atoms with Crippen molar-refractivity contribution in [3.63, 3.8) is 0 Å². The summed E-state index contributed by atoms with van der Waals surface area (Å²) >= 11 is 0. The van der Waals surface area contributed by atoms with E-state index in [1.807, 2.05) is 121 Å². The van der Waals surface area contributed by atoms with Crippen LogP contribution in [0.3, 0.4) is 0 Å². The Labute approximate surface area is 318 Å². The van der Waals surface area contributed by atoms with Gasteiger partial charge in [0.1, 0.15) is 0 Å². The maximum atomic E-state index is 14.6. The van der Waals surface area contributed by atoms with Crippen LogP contribution in [-0.2, 0) is 0 Å². The molecule has 2 amide bonds. The molecule has 270 valence electrons. The highest BCUT2D eigenvalue weighted by Gasteiger charge is 2.54. The van der Waals surface area contributed by atoms with Crippen molar-refractivity contribution in [3.8, 4) is 0 Å². The number of carbonyl (C=O) groups excluding carboxylic acids is 2. The third-order valence-corrected chi connectivity index (χ3v) is 15.8. The fourth-order valence-corrected chi connectivity index (χ4v) is 13.2. The Bertz CT molecular complexity index is 1970. The molecule has 6 aromatic carbocycles. The lowest BCUT2D eigenvalue weighted by Gasteiger charge is -2.53. The van der Waals surface area contributed by atoms with Crippen LogP contribution in [0.25, 0.3) is 0 Å². The fraction of sp³-hybridized carbons (Fsp3) is 0.174. The number of aliphatic hydroxyl groups excluding tert-OH is 2.